The van der Waals surface area contributed by atoms with Gasteiger partial charge in [0, 0.05) is 12.6 Å². The van der Waals surface area contributed by atoms with Gasteiger partial charge in [0.2, 0.25) is 0 Å². The summed E-state index contributed by atoms with van der Waals surface area (Å²) in [5.41, 5.74) is 1.10. The van der Waals surface area contributed by atoms with Crippen molar-refractivity contribution in [1.82, 2.24) is 5.32 Å². The summed E-state index contributed by atoms with van der Waals surface area (Å²) < 4.78 is 10.7. The standard InChI is InChI=1S/C22H27ClN2O5/c1-3-17-19(21(27)29-12-14-7-5-4-6-8-14)20(25-22(28)24-17)15-9-10-18(16(23)11-15)30-13(2)26/h9-11,14,19-20H,3-8,12H2,1-2H3,(H,25,28). The fourth-order valence-electron chi connectivity index (χ4n) is 4.08. The minimum atomic E-state index is -0.730. The number of hydrogen-bond acceptors (Lipinski definition) is 5. The van der Waals surface area contributed by atoms with Crippen molar-refractivity contribution in [2.24, 2.45) is 16.8 Å². The Balaban J connectivity index is 1.82. The van der Waals surface area contributed by atoms with E-state index in [0.717, 1.165) is 12.8 Å². The third-order valence-corrected chi connectivity index (χ3v) is 5.88. The molecule has 0 bridgehead atoms. The molecule has 2 unspecified atom stereocenters. The highest BCUT2D eigenvalue weighted by Gasteiger charge is 2.39. The number of ether oxygens (including phenoxy) is 2. The quantitative estimate of drug-likeness (QED) is 0.520. The van der Waals surface area contributed by atoms with Crippen molar-refractivity contribution in [3.05, 3.63) is 28.8 Å². The molecule has 1 fully saturated rings. The Labute approximate surface area is 181 Å². The first-order valence-corrected chi connectivity index (χ1v) is 10.8. The van der Waals surface area contributed by atoms with E-state index in [2.05, 4.69) is 10.3 Å². The van der Waals surface area contributed by atoms with E-state index in [1.54, 1.807) is 18.2 Å². The van der Waals surface area contributed by atoms with Crippen LogP contribution in [0.1, 0.15) is 64.0 Å². The molecular weight excluding hydrogens is 408 g/mol. The number of aliphatic imine (C=N–C) groups is 1. The molecule has 1 N–H and O–H groups in total. The maximum absolute atomic E-state index is 13.0. The molecule has 2 amide bonds. The van der Waals surface area contributed by atoms with Crippen LogP contribution in [-0.2, 0) is 14.3 Å². The Hall–Kier alpha value is -2.41. The van der Waals surface area contributed by atoms with Crippen LogP contribution in [0.5, 0.6) is 5.75 Å². The zero-order chi connectivity index (χ0) is 21.7. The first-order valence-electron chi connectivity index (χ1n) is 10.4. The summed E-state index contributed by atoms with van der Waals surface area (Å²) in [5, 5.41) is 2.97. The maximum Gasteiger partial charge on any atom is 0.341 e. The lowest BCUT2D eigenvalue weighted by molar-refractivity contribution is -0.148. The number of urea groups is 1. The van der Waals surface area contributed by atoms with E-state index in [9.17, 15) is 14.4 Å². The molecule has 0 radical (unpaired) electrons. The van der Waals surface area contributed by atoms with Crippen LogP contribution >= 0.6 is 11.6 Å². The predicted octanol–water partition coefficient (Wildman–Crippen LogP) is 4.62. The molecule has 1 aromatic carbocycles. The van der Waals surface area contributed by atoms with Crippen LogP contribution in [0.2, 0.25) is 5.02 Å². The van der Waals surface area contributed by atoms with Crippen molar-refractivity contribution >= 4 is 35.3 Å². The van der Waals surface area contributed by atoms with Gasteiger partial charge >= 0.3 is 18.0 Å². The van der Waals surface area contributed by atoms with E-state index in [1.165, 1.54) is 26.2 Å². The number of halogens is 1. The molecule has 0 aromatic heterocycles. The fourth-order valence-corrected chi connectivity index (χ4v) is 4.31. The summed E-state index contributed by atoms with van der Waals surface area (Å²) in [5.74, 6) is -1.01. The van der Waals surface area contributed by atoms with E-state index < -0.39 is 29.9 Å². The van der Waals surface area contributed by atoms with Gasteiger partial charge in [-0.15, -0.1) is 0 Å². The molecule has 1 aliphatic carbocycles. The van der Waals surface area contributed by atoms with Gasteiger partial charge in [-0.3, -0.25) is 9.59 Å². The molecule has 0 saturated heterocycles. The SMILES string of the molecule is CCC1=NC(=O)NC(c2ccc(OC(C)=O)c(Cl)c2)C1C(=O)OCC1CCCCC1. The number of carbonyl (C=O) groups excluding carboxylic acids is 3. The summed E-state index contributed by atoms with van der Waals surface area (Å²) >= 11 is 6.25. The lowest BCUT2D eigenvalue weighted by Crippen LogP contribution is -2.45. The molecule has 1 aromatic rings. The molecule has 8 heteroatoms. The molecule has 1 heterocycles. The number of nitrogens with zero attached hydrogens (tertiary/aromatic N) is 1. The van der Waals surface area contributed by atoms with Gasteiger partial charge in [0.1, 0.15) is 11.7 Å². The van der Waals surface area contributed by atoms with Gasteiger partial charge in [-0.25, -0.2) is 9.79 Å². The maximum atomic E-state index is 13.0. The van der Waals surface area contributed by atoms with Crippen LogP contribution < -0.4 is 10.1 Å². The normalized spacial score (nSPS) is 22.1. The monoisotopic (exact) mass is 434 g/mol. The predicted molar refractivity (Wildman–Crippen MR) is 113 cm³/mol. The summed E-state index contributed by atoms with van der Waals surface area (Å²) in [6.45, 7) is 3.53. The van der Waals surface area contributed by atoms with Crippen molar-refractivity contribution in [2.45, 2.75) is 58.4 Å². The van der Waals surface area contributed by atoms with E-state index >= 15 is 0 Å². The van der Waals surface area contributed by atoms with Crippen LogP contribution in [0.4, 0.5) is 4.79 Å². The lowest BCUT2D eigenvalue weighted by Gasteiger charge is -2.31. The Morgan fingerprint density at radius 1 is 1.23 bits per heavy atom. The smallest absolute Gasteiger partial charge is 0.341 e. The van der Waals surface area contributed by atoms with Gasteiger partial charge in [0.05, 0.1) is 17.7 Å². The molecule has 3 rings (SSSR count). The first-order chi connectivity index (χ1) is 14.4. The average Bonchev–Trinajstić information content (AvgIpc) is 2.73. The lowest BCUT2D eigenvalue weighted by atomic mass is 9.86. The summed E-state index contributed by atoms with van der Waals surface area (Å²) in [6.07, 6.45) is 6.16. The van der Waals surface area contributed by atoms with Crippen LogP contribution in [-0.4, -0.2) is 30.3 Å². The third kappa shape index (κ3) is 5.39. The van der Waals surface area contributed by atoms with Crippen LogP contribution in [0.15, 0.2) is 23.2 Å². The van der Waals surface area contributed by atoms with Crippen molar-refractivity contribution in [3.63, 3.8) is 0 Å². The average molecular weight is 435 g/mol. The molecular formula is C22H27ClN2O5. The van der Waals surface area contributed by atoms with Crippen LogP contribution in [0.3, 0.4) is 0 Å². The molecule has 2 aliphatic rings. The molecule has 7 nitrogen and oxygen atoms in total. The second kappa shape index (κ2) is 10.1. The Morgan fingerprint density at radius 2 is 1.97 bits per heavy atom. The fraction of sp³-hybridized carbons (Fsp3) is 0.545. The van der Waals surface area contributed by atoms with E-state index in [-0.39, 0.29) is 10.8 Å². The summed E-state index contributed by atoms with van der Waals surface area (Å²) in [4.78, 5) is 40.4. The highest BCUT2D eigenvalue weighted by molar-refractivity contribution is 6.32. The topological polar surface area (TPSA) is 94.1 Å². The molecule has 1 saturated carbocycles. The van der Waals surface area contributed by atoms with Gasteiger partial charge in [-0.05, 0) is 42.9 Å². The number of hydrogen-bond donors (Lipinski definition) is 1. The Kier molecular flexibility index (Phi) is 7.48. The number of esters is 2. The molecule has 162 valence electrons. The molecule has 2 atom stereocenters. The minimum absolute atomic E-state index is 0.215. The van der Waals surface area contributed by atoms with Gasteiger partial charge < -0.3 is 14.8 Å². The van der Waals surface area contributed by atoms with Crippen molar-refractivity contribution in [1.29, 1.82) is 0 Å². The number of amides is 2. The zero-order valence-electron chi connectivity index (χ0n) is 17.3. The van der Waals surface area contributed by atoms with Crippen molar-refractivity contribution < 1.29 is 23.9 Å². The van der Waals surface area contributed by atoms with E-state index in [0.29, 0.717) is 30.2 Å². The first kappa shape index (κ1) is 22.3. The molecule has 1 aliphatic heterocycles. The van der Waals surface area contributed by atoms with E-state index in [4.69, 9.17) is 21.1 Å². The summed E-state index contributed by atoms with van der Waals surface area (Å²) in [6, 6.07) is 3.65. The highest BCUT2D eigenvalue weighted by atomic mass is 35.5. The van der Waals surface area contributed by atoms with Gasteiger partial charge in [0.25, 0.3) is 0 Å². The number of benzene rings is 1. The van der Waals surface area contributed by atoms with Crippen molar-refractivity contribution in [2.75, 3.05) is 6.61 Å². The largest absolute Gasteiger partial charge is 0.465 e. The number of nitrogens with one attached hydrogen (secondary N) is 1. The van der Waals surface area contributed by atoms with Crippen LogP contribution in [0.25, 0.3) is 0 Å². The highest BCUT2D eigenvalue weighted by Crippen LogP contribution is 2.34. The Bertz CT molecular complexity index is 848. The molecule has 30 heavy (non-hydrogen) atoms. The Morgan fingerprint density at radius 3 is 2.60 bits per heavy atom. The van der Waals surface area contributed by atoms with Crippen molar-refractivity contribution in [3.8, 4) is 5.75 Å². The van der Waals surface area contributed by atoms with Gasteiger partial charge in [-0.1, -0.05) is 43.9 Å². The van der Waals surface area contributed by atoms with Gasteiger partial charge in [0.15, 0.2) is 0 Å². The second-order valence-corrected chi connectivity index (χ2v) is 8.19. The number of rotatable bonds is 6. The second-order valence-electron chi connectivity index (χ2n) is 7.78. The van der Waals surface area contributed by atoms with Crippen LogP contribution in [0, 0.1) is 11.8 Å². The van der Waals surface area contributed by atoms with E-state index in [1.807, 2.05) is 6.92 Å². The molecule has 0 spiro atoms. The zero-order valence-corrected chi connectivity index (χ0v) is 18.0. The third-order valence-electron chi connectivity index (χ3n) is 5.59. The minimum Gasteiger partial charge on any atom is -0.465 e. The number of carbonyl (C=O) groups is 3. The summed E-state index contributed by atoms with van der Waals surface area (Å²) in [7, 11) is 0. The van der Waals surface area contributed by atoms with Gasteiger partial charge in [-0.2, -0.15) is 0 Å².